The molecule has 156 valence electrons. The summed E-state index contributed by atoms with van der Waals surface area (Å²) >= 11 is 0. The summed E-state index contributed by atoms with van der Waals surface area (Å²) in [6.07, 6.45) is 11.3. The SMILES string of the molecule is CC1=C[C@@H](CNC(=O)c2cccnc2)[C@H](C(C)C)C[C@H]1Cc1nc2ccncc2[nH]1. The number of nitrogens with one attached hydrogen (secondary N) is 2. The van der Waals surface area contributed by atoms with Gasteiger partial charge in [0.15, 0.2) is 0 Å². The van der Waals surface area contributed by atoms with E-state index < -0.39 is 0 Å². The predicted molar refractivity (Wildman–Crippen MR) is 118 cm³/mol. The fraction of sp³-hybridized carbons (Fsp3) is 0.417. The molecule has 1 aliphatic carbocycles. The maximum absolute atomic E-state index is 12.4. The zero-order valence-electron chi connectivity index (χ0n) is 17.8. The van der Waals surface area contributed by atoms with E-state index in [0.29, 0.717) is 35.8 Å². The highest BCUT2D eigenvalue weighted by molar-refractivity contribution is 5.93. The molecule has 6 heteroatoms. The summed E-state index contributed by atoms with van der Waals surface area (Å²) in [6, 6.07) is 5.52. The lowest BCUT2D eigenvalue weighted by molar-refractivity contribution is 0.0938. The molecule has 0 saturated carbocycles. The molecule has 0 aromatic carbocycles. The number of H-pyrrole nitrogens is 1. The summed E-state index contributed by atoms with van der Waals surface area (Å²) < 4.78 is 0. The van der Waals surface area contributed by atoms with E-state index in [1.165, 1.54) is 5.57 Å². The van der Waals surface area contributed by atoms with Crippen molar-refractivity contribution in [2.75, 3.05) is 6.54 Å². The van der Waals surface area contributed by atoms with Crippen molar-refractivity contribution in [2.24, 2.45) is 23.7 Å². The Hall–Kier alpha value is -3.02. The first-order valence-corrected chi connectivity index (χ1v) is 10.7. The van der Waals surface area contributed by atoms with Gasteiger partial charge in [-0.25, -0.2) is 4.98 Å². The third kappa shape index (κ3) is 4.42. The Morgan fingerprint density at radius 2 is 2.07 bits per heavy atom. The number of allylic oxidation sites excluding steroid dienone is 1. The van der Waals surface area contributed by atoms with Crippen molar-refractivity contribution in [1.29, 1.82) is 0 Å². The van der Waals surface area contributed by atoms with Gasteiger partial charge < -0.3 is 10.3 Å². The van der Waals surface area contributed by atoms with Crippen LogP contribution in [0.1, 0.15) is 43.4 Å². The summed E-state index contributed by atoms with van der Waals surface area (Å²) in [7, 11) is 0. The summed E-state index contributed by atoms with van der Waals surface area (Å²) in [5.74, 6) is 2.80. The van der Waals surface area contributed by atoms with Gasteiger partial charge in [0.25, 0.3) is 5.91 Å². The summed E-state index contributed by atoms with van der Waals surface area (Å²) in [6.45, 7) is 7.41. The first kappa shape index (κ1) is 20.3. The molecule has 0 unspecified atom stereocenters. The van der Waals surface area contributed by atoms with E-state index in [2.05, 4.69) is 47.1 Å². The van der Waals surface area contributed by atoms with Crippen LogP contribution >= 0.6 is 0 Å². The van der Waals surface area contributed by atoms with Gasteiger partial charge in [0, 0.05) is 31.6 Å². The smallest absolute Gasteiger partial charge is 0.252 e. The number of nitrogens with zero attached hydrogens (tertiary/aromatic N) is 3. The lowest BCUT2D eigenvalue weighted by Gasteiger charge is -2.37. The molecular weight excluding hydrogens is 374 g/mol. The lowest BCUT2D eigenvalue weighted by atomic mass is 9.69. The average Bonchev–Trinajstić information content (AvgIpc) is 3.16. The monoisotopic (exact) mass is 403 g/mol. The van der Waals surface area contributed by atoms with Crippen molar-refractivity contribution >= 4 is 16.9 Å². The van der Waals surface area contributed by atoms with E-state index >= 15 is 0 Å². The van der Waals surface area contributed by atoms with Crippen LogP contribution in [0, 0.1) is 23.7 Å². The van der Waals surface area contributed by atoms with Crippen molar-refractivity contribution in [1.82, 2.24) is 25.3 Å². The van der Waals surface area contributed by atoms with Gasteiger partial charge in [0.05, 0.1) is 22.8 Å². The second-order valence-corrected chi connectivity index (χ2v) is 8.65. The second kappa shape index (κ2) is 8.78. The standard InChI is InChI=1S/C24H29N5O/c1-15(2)20-10-18(11-23-28-21-6-8-26-14-22(21)29-23)16(3)9-19(20)13-27-24(30)17-5-4-7-25-12-17/h4-9,12,14-15,18-20H,10-11,13H2,1-3H3,(H,27,30)(H,28,29)/t18-,19-,20-/m0/s1. The van der Waals surface area contributed by atoms with Crippen LogP contribution in [0.5, 0.6) is 0 Å². The third-order valence-electron chi connectivity index (χ3n) is 6.28. The van der Waals surface area contributed by atoms with Crippen LogP contribution in [0.15, 0.2) is 54.6 Å². The number of carbonyl (C=O) groups is 1. The minimum Gasteiger partial charge on any atom is -0.351 e. The number of hydrogen-bond acceptors (Lipinski definition) is 4. The van der Waals surface area contributed by atoms with E-state index in [0.717, 1.165) is 29.7 Å². The summed E-state index contributed by atoms with van der Waals surface area (Å²) in [5, 5.41) is 3.11. The Labute approximate surface area is 177 Å². The van der Waals surface area contributed by atoms with Gasteiger partial charge in [-0.15, -0.1) is 0 Å². The third-order valence-corrected chi connectivity index (χ3v) is 6.28. The number of fused-ring (bicyclic) bond motifs is 1. The Kier molecular flexibility index (Phi) is 5.93. The molecule has 4 rings (SSSR count). The molecule has 0 spiro atoms. The molecule has 0 fully saturated rings. The number of rotatable bonds is 6. The molecule has 1 amide bonds. The minimum atomic E-state index is -0.0605. The normalized spacial score (nSPS) is 21.6. The highest BCUT2D eigenvalue weighted by Crippen LogP contribution is 2.38. The maximum atomic E-state index is 12.4. The molecule has 2 N–H and O–H groups in total. The van der Waals surface area contributed by atoms with Crippen LogP contribution in [0.4, 0.5) is 0 Å². The topological polar surface area (TPSA) is 83.6 Å². The summed E-state index contributed by atoms with van der Waals surface area (Å²) in [4.78, 5) is 28.8. The van der Waals surface area contributed by atoms with Gasteiger partial charge in [-0.3, -0.25) is 14.8 Å². The fourth-order valence-electron chi connectivity index (χ4n) is 4.56. The molecule has 3 heterocycles. The minimum absolute atomic E-state index is 0.0605. The maximum Gasteiger partial charge on any atom is 0.252 e. The van der Waals surface area contributed by atoms with E-state index in [4.69, 9.17) is 4.98 Å². The number of aromatic amines is 1. The van der Waals surface area contributed by atoms with E-state index in [1.807, 2.05) is 12.3 Å². The first-order valence-electron chi connectivity index (χ1n) is 10.7. The lowest BCUT2D eigenvalue weighted by Crippen LogP contribution is -2.37. The van der Waals surface area contributed by atoms with E-state index in [1.54, 1.807) is 30.7 Å². The molecule has 3 aromatic heterocycles. The highest BCUT2D eigenvalue weighted by Gasteiger charge is 2.32. The first-order chi connectivity index (χ1) is 14.5. The molecule has 0 aliphatic heterocycles. The predicted octanol–water partition coefficient (Wildman–Crippen LogP) is 4.18. The van der Waals surface area contributed by atoms with Crippen molar-refractivity contribution in [2.45, 2.75) is 33.6 Å². The quantitative estimate of drug-likeness (QED) is 0.605. The van der Waals surface area contributed by atoms with Gasteiger partial charge in [-0.2, -0.15) is 0 Å². The van der Waals surface area contributed by atoms with E-state index in [9.17, 15) is 4.79 Å². The Bertz CT molecular complexity index is 1010. The second-order valence-electron chi connectivity index (χ2n) is 8.65. The van der Waals surface area contributed by atoms with Crippen LogP contribution in [-0.2, 0) is 6.42 Å². The molecule has 1 aliphatic rings. The Balaban J connectivity index is 1.46. The highest BCUT2D eigenvalue weighted by atomic mass is 16.1. The van der Waals surface area contributed by atoms with Crippen molar-refractivity contribution in [3.8, 4) is 0 Å². The zero-order chi connectivity index (χ0) is 21.1. The van der Waals surface area contributed by atoms with Crippen LogP contribution < -0.4 is 5.32 Å². The largest absolute Gasteiger partial charge is 0.351 e. The van der Waals surface area contributed by atoms with Crippen LogP contribution in [-0.4, -0.2) is 32.4 Å². The van der Waals surface area contributed by atoms with Crippen molar-refractivity contribution in [3.63, 3.8) is 0 Å². The van der Waals surface area contributed by atoms with Gasteiger partial charge in [0.2, 0.25) is 0 Å². The number of imidazole rings is 1. The average molecular weight is 404 g/mol. The van der Waals surface area contributed by atoms with Crippen molar-refractivity contribution < 1.29 is 4.79 Å². The molecule has 3 atom stereocenters. The van der Waals surface area contributed by atoms with Crippen LogP contribution in [0.3, 0.4) is 0 Å². The number of amides is 1. The van der Waals surface area contributed by atoms with Gasteiger partial charge in [-0.1, -0.05) is 25.5 Å². The number of aromatic nitrogens is 4. The fourth-order valence-corrected chi connectivity index (χ4v) is 4.56. The number of pyridine rings is 2. The van der Waals surface area contributed by atoms with Gasteiger partial charge >= 0.3 is 0 Å². The molecule has 0 radical (unpaired) electrons. The molecule has 0 bridgehead atoms. The summed E-state index contributed by atoms with van der Waals surface area (Å²) in [5.41, 5.74) is 3.94. The van der Waals surface area contributed by atoms with E-state index in [-0.39, 0.29) is 5.91 Å². The van der Waals surface area contributed by atoms with Crippen LogP contribution in [0.2, 0.25) is 0 Å². The Morgan fingerprint density at radius 1 is 1.23 bits per heavy atom. The number of carbonyl (C=O) groups excluding carboxylic acids is 1. The molecule has 3 aromatic rings. The number of hydrogen-bond donors (Lipinski definition) is 2. The van der Waals surface area contributed by atoms with Gasteiger partial charge in [0.1, 0.15) is 5.82 Å². The molecule has 0 saturated heterocycles. The van der Waals surface area contributed by atoms with Crippen LogP contribution in [0.25, 0.3) is 11.0 Å². The molecule has 30 heavy (non-hydrogen) atoms. The van der Waals surface area contributed by atoms with Crippen molar-refractivity contribution in [3.05, 3.63) is 66.0 Å². The Morgan fingerprint density at radius 3 is 2.80 bits per heavy atom. The zero-order valence-corrected chi connectivity index (χ0v) is 17.8. The van der Waals surface area contributed by atoms with Gasteiger partial charge in [-0.05, 0) is 55.2 Å². The molecule has 6 nitrogen and oxygen atoms in total. The molecular formula is C24H29N5O.